The van der Waals surface area contributed by atoms with Crippen LogP contribution in [-0.4, -0.2) is 36.3 Å². The lowest BCUT2D eigenvalue weighted by molar-refractivity contribution is -0.129. The molecule has 2 aromatic carbocycles. The maximum atomic E-state index is 12.6. The summed E-state index contributed by atoms with van der Waals surface area (Å²) in [5, 5.41) is 6.16. The first-order valence-corrected chi connectivity index (χ1v) is 8.07. The number of hydrogen-bond donors (Lipinski definition) is 0. The van der Waals surface area contributed by atoms with Crippen LogP contribution in [0, 0.1) is 0 Å². The van der Waals surface area contributed by atoms with E-state index in [2.05, 4.69) is 28.2 Å². The predicted molar refractivity (Wildman–Crippen MR) is 91.7 cm³/mol. The van der Waals surface area contributed by atoms with E-state index in [1.165, 1.54) is 11.3 Å². The topological polar surface area (TPSA) is 35.9 Å². The molecule has 4 heteroatoms. The van der Waals surface area contributed by atoms with Crippen LogP contribution in [0.2, 0.25) is 0 Å². The maximum Gasteiger partial charge on any atom is 0.262 e. The summed E-state index contributed by atoms with van der Waals surface area (Å²) >= 11 is 0. The van der Waals surface area contributed by atoms with E-state index < -0.39 is 0 Å². The second kappa shape index (κ2) is 5.88. The Kier molecular flexibility index (Phi) is 3.58. The Hall–Kier alpha value is -2.62. The molecule has 0 unspecified atom stereocenters. The van der Waals surface area contributed by atoms with E-state index in [4.69, 9.17) is 0 Å². The standard InChI is InChI=1S/C19H19N3O/c23-19(14-21-12-10-16-8-4-5-9-18(16)21)22-13-11-17(20-22)15-6-2-1-3-7-15/h1-9H,10-14H2. The molecule has 0 N–H and O–H groups in total. The quantitative estimate of drug-likeness (QED) is 0.874. The lowest BCUT2D eigenvalue weighted by atomic mass is 10.1. The average Bonchev–Trinajstić information content (AvgIpc) is 3.24. The fourth-order valence-corrected chi connectivity index (χ4v) is 3.29. The SMILES string of the molecule is O=C(CN1CCc2ccccc21)N1CCC(c2ccccc2)=N1. The molecule has 2 heterocycles. The summed E-state index contributed by atoms with van der Waals surface area (Å²) < 4.78 is 0. The van der Waals surface area contributed by atoms with Crippen LogP contribution in [0.25, 0.3) is 0 Å². The van der Waals surface area contributed by atoms with Crippen molar-refractivity contribution in [1.29, 1.82) is 0 Å². The summed E-state index contributed by atoms with van der Waals surface area (Å²) in [4.78, 5) is 14.7. The molecule has 0 bridgehead atoms. The zero-order valence-corrected chi connectivity index (χ0v) is 13.0. The van der Waals surface area contributed by atoms with Crippen LogP contribution in [0.1, 0.15) is 17.5 Å². The molecule has 0 radical (unpaired) electrons. The van der Waals surface area contributed by atoms with E-state index in [0.29, 0.717) is 13.1 Å². The Morgan fingerprint density at radius 3 is 2.61 bits per heavy atom. The number of benzene rings is 2. The van der Waals surface area contributed by atoms with Crippen molar-refractivity contribution >= 4 is 17.3 Å². The van der Waals surface area contributed by atoms with Gasteiger partial charge in [-0.15, -0.1) is 0 Å². The highest BCUT2D eigenvalue weighted by Gasteiger charge is 2.26. The van der Waals surface area contributed by atoms with Crippen molar-refractivity contribution in [2.24, 2.45) is 5.10 Å². The number of carbonyl (C=O) groups excluding carboxylic acids is 1. The molecule has 116 valence electrons. The molecule has 0 spiro atoms. The summed E-state index contributed by atoms with van der Waals surface area (Å²) in [7, 11) is 0. The third kappa shape index (κ3) is 2.72. The molecule has 0 aliphatic carbocycles. The van der Waals surface area contributed by atoms with Gasteiger partial charge < -0.3 is 4.90 Å². The third-order valence-electron chi connectivity index (χ3n) is 4.51. The lowest BCUT2D eigenvalue weighted by Crippen LogP contribution is -2.36. The Balaban J connectivity index is 1.46. The second-order valence-electron chi connectivity index (χ2n) is 5.98. The number of rotatable bonds is 3. The number of hydrogen-bond acceptors (Lipinski definition) is 3. The van der Waals surface area contributed by atoms with E-state index in [1.54, 1.807) is 5.01 Å². The minimum absolute atomic E-state index is 0.0765. The summed E-state index contributed by atoms with van der Waals surface area (Å²) in [5.74, 6) is 0.0765. The van der Waals surface area contributed by atoms with Gasteiger partial charge in [0.25, 0.3) is 5.91 Å². The first kappa shape index (κ1) is 14.0. The number of nitrogens with zero attached hydrogens (tertiary/aromatic N) is 3. The van der Waals surface area contributed by atoms with E-state index in [0.717, 1.165) is 30.7 Å². The van der Waals surface area contributed by atoms with Crippen LogP contribution >= 0.6 is 0 Å². The van der Waals surface area contributed by atoms with Crippen molar-refractivity contribution in [2.45, 2.75) is 12.8 Å². The van der Waals surface area contributed by atoms with Crippen LogP contribution in [0.5, 0.6) is 0 Å². The van der Waals surface area contributed by atoms with E-state index >= 15 is 0 Å². The molecule has 2 aromatic rings. The summed E-state index contributed by atoms with van der Waals surface area (Å²) in [6.45, 7) is 2.00. The molecule has 1 amide bonds. The van der Waals surface area contributed by atoms with Gasteiger partial charge in [-0.25, -0.2) is 5.01 Å². The van der Waals surface area contributed by atoms with E-state index in [-0.39, 0.29) is 5.91 Å². The third-order valence-corrected chi connectivity index (χ3v) is 4.51. The molecule has 2 aliphatic rings. The highest BCUT2D eigenvalue weighted by molar-refractivity contribution is 6.02. The second-order valence-corrected chi connectivity index (χ2v) is 5.98. The Morgan fingerprint density at radius 1 is 0.957 bits per heavy atom. The Morgan fingerprint density at radius 2 is 1.74 bits per heavy atom. The first-order valence-electron chi connectivity index (χ1n) is 8.07. The zero-order valence-electron chi connectivity index (χ0n) is 13.0. The van der Waals surface area contributed by atoms with Crippen LogP contribution < -0.4 is 4.90 Å². The predicted octanol–water partition coefficient (Wildman–Crippen LogP) is 2.69. The summed E-state index contributed by atoms with van der Waals surface area (Å²) in [6, 6.07) is 18.4. The van der Waals surface area contributed by atoms with Crippen LogP contribution in [0.4, 0.5) is 5.69 Å². The number of carbonyl (C=O) groups is 1. The smallest absolute Gasteiger partial charge is 0.262 e. The molecular weight excluding hydrogens is 286 g/mol. The number of amides is 1. The first-order chi connectivity index (χ1) is 11.3. The Labute approximate surface area is 136 Å². The van der Waals surface area contributed by atoms with Crippen LogP contribution in [0.15, 0.2) is 59.7 Å². The summed E-state index contributed by atoms with van der Waals surface area (Å²) in [6.07, 6.45) is 1.84. The van der Waals surface area contributed by atoms with Crippen molar-refractivity contribution in [1.82, 2.24) is 5.01 Å². The average molecular weight is 305 g/mol. The summed E-state index contributed by atoms with van der Waals surface area (Å²) in [5.41, 5.74) is 4.62. The molecule has 23 heavy (non-hydrogen) atoms. The normalized spacial score (nSPS) is 16.4. The van der Waals surface area contributed by atoms with Crippen molar-refractivity contribution in [3.8, 4) is 0 Å². The number of hydrazone groups is 1. The molecule has 0 saturated carbocycles. The Bertz CT molecular complexity index is 754. The molecule has 0 atom stereocenters. The van der Waals surface area contributed by atoms with Gasteiger partial charge in [0.2, 0.25) is 0 Å². The van der Waals surface area contributed by atoms with Gasteiger partial charge in [0.05, 0.1) is 18.8 Å². The number of fused-ring (bicyclic) bond motifs is 1. The van der Waals surface area contributed by atoms with Crippen molar-refractivity contribution in [3.63, 3.8) is 0 Å². The molecule has 0 fully saturated rings. The molecule has 0 saturated heterocycles. The molecule has 4 rings (SSSR count). The molecular formula is C19H19N3O. The minimum Gasteiger partial charge on any atom is -0.362 e. The van der Waals surface area contributed by atoms with Gasteiger partial charge in [0.15, 0.2) is 0 Å². The highest BCUT2D eigenvalue weighted by Crippen LogP contribution is 2.27. The maximum absolute atomic E-state index is 12.6. The largest absolute Gasteiger partial charge is 0.362 e. The van der Waals surface area contributed by atoms with Crippen molar-refractivity contribution < 1.29 is 4.79 Å². The van der Waals surface area contributed by atoms with Gasteiger partial charge in [-0.1, -0.05) is 48.5 Å². The van der Waals surface area contributed by atoms with Gasteiger partial charge >= 0.3 is 0 Å². The fraction of sp³-hybridized carbons (Fsp3) is 0.263. The van der Waals surface area contributed by atoms with Gasteiger partial charge in [-0.3, -0.25) is 4.79 Å². The van der Waals surface area contributed by atoms with Gasteiger partial charge in [0, 0.05) is 18.7 Å². The van der Waals surface area contributed by atoms with E-state index in [9.17, 15) is 4.79 Å². The monoisotopic (exact) mass is 305 g/mol. The highest BCUT2D eigenvalue weighted by atomic mass is 16.2. The lowest BCUT2D eigenvalue weighted by Gasteiger charge is -2.21. The zero-order chi connectivity index (χ0) is 15.6. The van der Waals surface area contributed by atoms with Gasteiger partial charge in [-0.05, 0) is 23.6 Å². The molecule has 0 aromatic heterocycles. The van der Waals surface area contributed by atoms with Crippen molar-refractivity contribution in [2.75, 3.05) is 24.5 Å². The van der Waals surface area contributed by atoms with Gasteiger partial charge in [0.1, 0.15) is 0 Å². The fourth-order valence-electron chi connectivity index (χ4n) is 3.29. The molecule has 4 nitrogen and oxygen atoms in total. The van der Waals surface area contributed by atoms with Crippen LogP contribution in [-0.2, 0) is 11.2 Å². The van der Waals surface area contributed by atoms with Crippen molar-refractivity contribution in [3.05, 3.63) is 65.7 Å². The molecule has 2 aliphatic heterocycles. The van der Waals surface area contributed by atoms with Crippen LogP contribution in [0.3, 0.4) is 0 Å². The van der Waals surface area contributed by atoms with E-state index in [1.807, 2.05) is 36.4 Å². The number of anilines is 1. The van der Waals surface area contributed by atoms with Gasteiger partial charge in [-0.2, -0.15) is 5.10 Å². The minimum atomic E-state index is 0.0765. The number of para-hydroxylation sites is 1.